The molecule has 156 valence electrons. The average molecular weight is 425 g/mol. The Morgan fingerprint density at radius 2 is 1.83 bits per heavy atom. The maximum absolute atomic E-state index is 12.2. The Morgan fingerprint density at radius 1 is 1.10 bits per heavy atom. The Kier molecular flexibility index (Phi) is 6.53. The van der Waals surface area contributed by atoms with Gasteiger partial charge in [0.15, 0.2) is 0 Å². The molecule has 4 rings (SSSR count). The maximum atomic E-state index is 12.2. The van der Waals surface area contributed by atoms with Crippen LogP contribution in [0.5, 0.6) is 5.75 Å². The lowest BCUT2D eigenvalue weighted by Crippen LogP contribution is -2.18. The standard InChI is InChI=1S/C22H24N4O3S/c1-28-19-10-4-16(5-11-19)14-21-24-25-22(29-21)30-15-20(27)23-17-6-8-18(9-7-17)26-12-2-3-13-26/h4-11H,2-3,12-15H2,1H3,(H,23,27). The lowest BCUT2D eigenvalue weighted by Gasteiger charge is -2.17. The SMILES string of the molecule is COc1ccc(Cc2nnc(SCC(=O)Nc3ccc(N4CCCC4)cc3)o2)cc1. The quantitative estimate of drug-likeness (QED) is 0.548. The fourth-order valence-corrected chi connectivity index (χ4v) is 3.92. The van der Waals surface area contributed by atoms with E-state index in [1.54, 1.807) is 7.11 Å². The summed E-state index contributed by atoms with van der Waals surface area (Å²) in [7, 11) is 1.64. The lowest BCUT2D eigenvalue weighted by atomic mass is 10.1. The first-order chi connectivity index (χ1) is 14.7. The van der Waals surface area contributed by atoms with Gasteiger partial charge in [0.25, 0.3) is 5.22 Å². The van der Waals surface area contributed by atoms with E-state index in [2.05, 4.69) is 32.5 Å². The van der Waals surface area contributed by atoms with E-state index >= 15 is 0 Å². The highest BCUT2D eigenvalue weighted by Gasteiger charge is 2.13. The summed E-state index contributed by atoms with van der Waals surface area (Å²) in [6.45, 7) is 2.21. The number of amides is 1. The molecule has 0 atom stereocenters. The van der Waals surface area contributed by atoms with Crippen LogP contribution in [0.1, 0.15) is 24.3 Å². The fraction of sp³-hybridized carbons (Fsp3) is 0.318. The summed E-state index contributed by atoms with van der Waals surface area (Å²) < 4.78 is 10.8. The van der Waals surface area contributed by atoms with E-state index in [0.717, 1.165) is 30.1 Å². The number of ether oxygens (including phenoxy) is 1. The molecule has 0 radical (unpaired) electrons. The molecule has 7 nitrogen and oxygen atoms in total. The summed E-state index contributed by atoms with van der Waals surface area (Å²) in [4.78, 5) is 14.6. The number of hydrogen-bond acceptors (Lipinski definition) is 7. The Hall–Kier alpha value is -3.00. The topological polar surface area (TPSA) is 80.5 Å². The Labute approximate surface area is 179 Å². The smallest absolute Gasteiger partial charge is 0.277 e. The van der Waals surface area contributed by atoms with Gasteiger partial charge in [0.2, 0.25) is 11.8 Å². The summed E-state index contributed by atoms with van der Waals surface area (Å²) in [6.07, 6.45) is 3.02. The van der Waals surface area contributed by atoms with E-state index in [0.29, 0.717) is 17.5 Å². The minimum Gasteiger partial charge on any atom is -0.497 e. The molecule has 1 saturated heterocycles. The van der Waals surface area contributed by atoms with Crippen LogP contribution >= 0.6 is 11.8 Å². The van der Waals surface area contributed by atoms with Crippen LogP contribution in [0.3, 0.4) is 0 Å². The van der Waals surface area contributed by atoms with Crippen LogP contribution in [0.15, 0.2) is 58.2 Å². The molecule has 0 bridgehead atoms. The minimum absolute atomic E-state index is 0.108. The molecule has 1 aliphatic heterocycles. The molecule has 0 spiro atoms. The van der Waals surface area contributed by atoms with Gasteiger partial charge in [-0.2, -0.15) is 0 Å². The van der Waals surface area contributed by atoms with Gasteiger partial charge in [-0.15, -0.1) is 10.2 Å². The van der Waals surface area contributed by atoms with Gasteiger partial charge in [0.05, 0.1) is 19.3 Å². The van der Waals surface area contributed by atoms with Crippen LogP contribution in [-0.4, -0.2) is 42.1 Å². The number of methoxy groups -OCH3 is 1. The molecule has 0 unspecified atom stereocenters. The molecular weight excluding hydrogens is 400 g/mol. The highest BCUT2D eigenvalue weighted by atomic mass is 32.2. The van der Waals surface area contributed by atoms with E-state index in [1.807, 2.05) is 36.4 Å². The van der Waals surface area contributed by atoms with Crippen molar-refractivity contribution in [2.24, 2.45) is 0 Å². The van der Waals surface area contributed by atoms with Gasteiger partial charge >= 0.3 is 0 Å². The number of carbonyl (C=O) groups is 1. The van der Waals surface area contributed by atoms with Crippen molar-refractivity contribution in [1.82, 2.24) is 10.2 Å². The van der Waals surface area contributed by atoms with E-state index in [4.69, 9.17) is 9.15 Å². The molecule has 1 aliphatic rings. The highest BCUT2D eigenvalue weighted by molar-refractivity contribution is 7.99. The molecule has 2 aromatic carbocycles. The lowest BCUT2D eigenvalue weighted by molar-refractivity contribution is -0.113. The molecule has 3 aromatic rings. The second kappa shape index (κ2) is 9.67. The molecule has 8 heteroatoms. The second-order valence-corrected chi connectivity index (χ2v) is 7.99. The highest BCUT2D eigenvalue weighted by Crippen LogP contribution is 2.23. The molecule has 0 saturated carbocycles. The zero-order valence-corrected chi connectivity index (χ0v) is 17.7. The molecule has 0 aliphatic carbocycles. The predicted molar refractivity (Wildman–Crippen MR) is 117 cm³/mol. The molecule has 30 heavy (non-hydrogen) atoms. The third kappa shape index (κ3) is 5.33. The number of carbonyl (C=O) groups excluding carboxylic acids is 1. The molecule has 1 aromatic heterocycles. The first-order valence-corrected chi connectivity index (χ1v) is 10.9. The zero-order valence-electron chi connectivity index (χ0n) is 16.8. The van der Waals surface area contributed by atoms with Gasteiger partial charge in [0, 0.05) is 24.5 Å². The van der Waals surface area contributed by atoms with Crippen LogP contribution in [0.25, 0.3) is 0 Å². The van der Waals surface area contributed by atoms with Crippen molar-refractivity contribution in [3.63, 3.8) is 0 Å². The van der Waals surface area contributed by atoms with Crippen molar-refractivity contribution in [2.45, 2.75) is 24.5 Å². The van der Waals surface area contributed by atoms with Crippen molar-refractivity contribution in [3.8, 4) is 5.75 Å². The number of aromatic nitrogens is 2. The Balaban J connectivity index is 1.24. The number of benzene rings is 2. The van der Waals surface area contributed by atoms with Gasteiger partial charge in [0.1, 0.15) is 5.75 Å². The predicted octanol–water partition coefficient (Wildman–Crippen LogP) is 4.00. The first kappa shape index (κ1) is 20.3. The summed E-state index contributed by atoms with van der Waals surface area (Å²) in [5, 5.41) is 11.4. The summed E-state index contributed by atoms with van der Waals surface area (Å²) in [5.41, 5.74) is 3.04. The summed E-state index contributed by atoms with van der Waals surface area (Å²) in [6, 6.07) is 15.7. The largest absolute Gasteiger partial charge is 0.497 e. The summed E-state index contributed by atoms with van der Waals surface area (Å²) in [5.74, 6) is 1.42. The van der Waals surface area contributed by atoms with Crippen LogP contribution in [0, 0.1) is 0 Å². The van der Waals surface area contributed by atoms with Crippen molar-refractivity contribution in [1.29, 1.82) is 0 Å². The van der Waals surface area contributed by atoms with E-state index < -0.39 is 0 Å². The van der Waals surface area contributed by atoms with E-state index in [1.165, 1.54) is 30.3 Å². The number of hydrogen-bond donors (Lipinski definition) is 1. The van der Waals surface area contributed by atoms with Crippen molar-refractivity contribution < 1.29 is 13.9 Å². The first-order valence-electron chi connectivity index (χ1n) is 9.92. The number of rotatable bonds is 8. The molecule has 1 fully saturated rings. The fourth-order valence-electron chi connectivity index (χ4n) is 3.34. The number of thioether (sulfide) groups is 1. The van der Waals surface area contributed by atoms with Crippen LogP contribution in [-0.2, 0) is 11.2 Å². The Morgan fingerprint density at radius 3 is 2.53 bits per heavy atom. The number of nitrogens with zero attached hydrogens (tertiary/aromatic N) is 3. The van der Waals surface area contributed by atoms with Gasteiger partial charge in [-0.1, -0.05) is 23.9 Å². The monoisotopic (exact) mass is 424 g/mol. The maximum Gasteiger partial charge on any atom is 0.277 e. The van der Waals surface area contributed by atoms with Gasteiger partial charge in [-0.3, -0.25) is 4.79 Å². The molecule has 2 heterocycles. The van der Waals surface area contributed by atoms with Crippen LogP contribution in [0.4, 0.5) is 11.4 Å². The number of nitrogens with one attached hydrogen (secondary N) is 1. The molecular formula is C22H24N4O3S. The zero-order chi connectivity index (χ0) is 20.8. The molecule has 1 N–H and O–H groups in total. The minimum atomic E-state index is -0.108. The average Bonchev–Trinajstić information content (AvgIpc) is 3.46. The number of anilines is 2. The summed E-state index contributed by atoms with van der Waals surface area (Å²) >= 11 is 1.23. The Bertz CT molecular complexity index is 967. The molecule has 1 amide bonds. The van der Waals surface area contributed by atoms with Gasteiger partial charge in [-0.25, -0.2) is 0 Å². The third-order valence-electron chi connectivity index (χ3n) is 4.91. The van der Waals surface area contributed by atoms with Crippen molar-refractivity contribution in [3.05, 3.63) is 60.0 Å². The normalized spacial score (nSPS) is 13.4. The van der Waals surface area contributed by atoms with Crippen molar-refractivity contribution in [2.75, 3.05) is 36.2 Å². The van der Waals surface area contributed by atoms with Gasteiger partial charge < -0.3 is 19.4 Å². The van der Waals surface area contributed by atoms with Crippen molar-refractivity contribution >= 4 is 29.0 Å². The van der Waals surface area contributed by atoms with Gasteiger partial charge in [-0.05, 0) is 54.8 Å². The third-order valence-corrected chi connectivity index (χ3v) is 5.73. The van der Waals surface area contributed by atoms with E-state index in [-0.39, 0.29) is 11.7 Å². The van der Waals surface area contributed by atoms with Crippen LogP contribution < -0.4 is 15.0 Å². The second-order valence-electron chi connectivity index (χ2n) is 7.06. The van der Waals surface area contributed by atoms with E-state index in [9.17, 15) is 4.79 Å². The van der Waals surface area contributed by atoms with Crippen LogP contribution in [0.2, 0.25) is 0 Å².